The first-order valence-electron chi connectivity index (χ1n) is 4.65. The molecular formula is C10H14N2O. The van der Waals surface area contributed by atoms with Crippen molar-refractivity contribution < 1.29 is 4.74 Å². The predicted octanol–water partition coefficient (Wildman–Crippen LogP) is 1.20. The fourth-order valence-corrected chi connectivity index (χ4v) is 1.57. The zero-order valence-electron chi connectivity index (χ0n) is 7.52. The molecule has 0 aromatic carbocycles. The third kappa shape index (κ3) is 1.98. The summed E-state index contributed by atoms with van der Waals surface area (Å²) in [6.45, 7) is 0.788. The van der Waals surface area contributed by atoms with Gasteiger partial charge in [-0.15, -0.1) is 0 Å². The van der Waals surface area contributed by atoms with Crippen molar-refractivity contribution in [2.75, 3.05) is 6.54 Å². The van der Waals surface area contributed by atoms with Crippen LogP contribution in [0.15, 0.2) is 24.5 Å². The Labute approximate surface area is 77.9 Å². The van der Waals surface area contributed by atoms with Crippen molar-refractivity contribution in [3.8, 4) is 5.75 Å². The maximum atomic E-state index is 5.69. The summed E-state index contributed by atoms with van der Waals surface area (Å²) in [5, 5.41) is 0. The lowest BCUT2D eigenvalue weighted by Crippen LogP contribution is -2.37. The van der Waals surface area contributed by atoms with E-state index in [1.165, 1.54) is 0 Å². The molecule has 0 atom stereocenters. The molecule has 1 fully saturated rings. The van der Waals surface area contributed by atoms with Crippen molar-refractivity contribution in [2.24, 2.45) is 11.7 Å². The van der Waals surface area contributed by atoms with Crippen molar-refractivity contribution in [3.63, 3.8) is 0 Å². The zero-order valence-corrected chi connectivity index (χ0v) is 7.52. The summed E-state index contributed by atoms with van der Waals surface area (Å²) in [6, 6.07) is 3.77. The Balaban J connectivity index is 1.81. The summed E-state index contributed by atoms with van der Waals surface area (Å²) in [5.41, 5.74) is 5.52. The van der Waals surface area contributed by atoms with E-state index in [2.05, 4.69) is 4.98 Å². The second-order valence-electron chi connectivity index (χ2n) is 3.50. The molecule has 2 rings (SSSR count). The van der Waals surface area contributed by atoms with E-state index in [0.717, 1.165) is 25.1 Å². The van der Waals surface area contributed by atoms with Gasteiger partial charge in [0.2, 0.25) is 0 Å². The molecule has 1 aromatic rings. The molecule has 0 bridgehead atoms. The van der Waals surface area contributed by atoms with Gasteiger partial charge >= 0.3 is 0 Å². The molecule has 13 heavy (non-hydrogen) atoms. The number of hydrogen-bond donors (Lipinski definition) is 1. The fraction of sp³-hybridized carbons (Fsp3) is 0.500. The largest absolute Gasteiger partial charge is 0.490 e. The number of pyridine rings is 1. The topological polar surface area (TPSA) is 48.1 Å². The Morgan fingerprint density at radius 1 is 1.38 bits per heavy atom. The minimum Gasteiger partial charge on any atom is -0.490 e. The third-order valence-electron chi connectivity index (χ3n) is 2.48. The molecule has 1 heterocycles. The molecule has 0 amide bonds. The number of nitrogens with zero attached hydrogens (tertiary/aromatic N) is 1. The molecule has 1 aliphatic rings. The van der Waals surface area contributed by atoms with E-state index in [0.29, 0.717) is 12.0 Å². The Kier molecular flexibility index (Phi) is 2.45. The summed E-state index contributed by atoms with van der Waals surface area (Å²) in [7, 11) is 0. The zero-order chi connectivity index (χ0) is 9.10. The molecule has 0 radical (unpaired) electrons. The smallest absolute Gasteiger partial charge is 0.122 e. The van der Waals surface area contributed by atoms with Crippen LogP contribution >= 0.6 is 0 Å². The standard InChI is InChI=1S/C10H14N2O/c11-7-8-5-10(6-8)13-9-1-3-12-4-2-9/h1-4,8,10H,5-7,11H2. The number of nitrogens with two attached hydrogens (primary N) is 1. The third-order valence-corrected chi connectivity index (χ3v) is 2.48. The first kappa shape index (κ1) is 8.51. The monoisotopic (exact) mass is 178 g/mol. The van der Waals surface area contributed by atoms with Gasteiger partial charge in [0.05, 0.1) is 6.10 Å². The first-order valence-corrected chi connectivity index (χ1v) is 4.65. The molecule has 0 aliphatic heterocycles. The highest BCUT2D eigenvalue weighted by Gasteiger charge is 2.29. The van der Waals surface area contributed by atoms with Gasteiger partial charge < -0.3 is 10.5 Å². The normalized spacial score (nSPS) is 26.5. The van der Waals surface area contributed by atoms with Crippen LogP contribution < -0.4 is 10.5 Å². The minimum atomic E-state index is 0.371. The molecule has 1 aromatic heterocycles. The average molecular weight is 178 g/mol. The predicted molar refractivity (Wildman–Crippen MR) is 50.4 cm³/mol. The lowest BCUT2D eigenvalue weighted by atomic mass is 9.82. The molecular weight excluding hydrogens is 164 g/mol. The van der Waals surface area contributed by atoms with Crippen molar-refractivity contribution in [3.05, 3.63) is 24.5 Å². The number of rotatable bonds is 3. The number of hydrogen-bond acceptors (Lipinski definition) is 3. The van der Waals surface area contributed by atoms with Gasteiger partial charge in [0.15, 0.2) is 0 Å². The van der Waals surface area contributed by atoms with E-state index in [9.17, 15) is 0 Å². The number of ether oxygens (including phenoxy) is 1. The van der Waals surface area contributed by atoms with Gasteiger partial charge in [0.1, 0.15) is 5.75 Å². The maximum Gasteiger partial charge on any atom is 0.122 e. The van der Waals surface area contributed by atoms with Gasteiger partial charge in [-0.1, -0.05) is 0 Å². The molecule has 1 aliphatic carbocycles. The van der Waals surface area contributed by atoms with Crippen LogP contribution in [0.1, 0.15) is 12.8 Å². The van der Waals surface area contributed by atoms with Gasteiger partial charge in [-0.2, -0.15) is 0 Å². The molecule has 0 unspecified atom stereocenters. The summed E-state index contributed by atoms with van der Waals surface area (Å²) < 4.78 is 5.69. The summed E-state index contributed by atoms with van der Waals surface area (Å²) in [6.07, 6.45) is 6.05. The summed E-state index contributed by atoms with van der Waals surface area (Å²) in [5.74, 6) is 1.59. The lowest BCUT2D eigenvalue weighted by Gasteiger charge is -2.34. The number of aromatic nitrogens is 1. The van der Waals surface area contributed by atoms with Gasteiger partial charge in [0.25, 0.3) is 0 Å². The van der Waals surface area contributed by atoms with Crippen LogP contribution in [0.3, 0.4) is 0 Å². The van der Waals surface area contributed by atoms with Gasteiger partial charge in [-0.3, -0.25) is 4.98 Å². The van der Waals surface area contributed by atoms with Crippen LogP contribution in [-0.4, -0.2) is 17.6 Å². The highest BCUT2D eigenvalue weighted by atomic mass is 16.5. The maximum absolute atomic E-state index is 5.69. The van der Waals surface area contributed by atoms with Crippen LogP contribution in [0.4, 0.5) is 0 Å². The summed E-state index contributed by atoms with van der Waals surface area (Å²) in [4.78, 5) is 3.93. The fourth-order valence-electron chi connectivity index (χ4n) is 1.57. The van der Waals surface area contributed by atoms with Crippen molar-refractivity contribution in [1.29, 1.82) is 0 Å². The highest BCUT2D eigenvalue weighted by molar-refractivity contribution is 5.17. The van der Waals surface area contributed by atoms with E-state index in [1.54, 1.807) is 12.4 Å². The summed E-state index contributed by atoms with van der Waals surface area (Å²) >= 11 is 0. The van der Waals surface area contributed by atoms with E-state index in [-0.39, 0.29) is 0 Å². The van der Waals surface area contributed by atoms with Crippen LogP contribution in [0, 0.1) is 5.92 Å². The van der Waals surface area contributed by atoms with Crippen LogP contribution in [0.25, 0.3) is 0 Å². The Morgan fingerprint density at radius 3 is 2.69 bits per heavy atom. The molecule has 0 spiro atoms. The molecule has 0 saturated heterocycles. The molecule has 2 N–H and O–H groups in total. The minimum absolute atomic E-state index is 0.371. The highest BCUT2D eigenvalue weighted by Crippen LogP contribution is 2.29. The van der Waals surface area contributed by atoms with Gasteiger partial charge in [-0.25, -0.2) is 0 Å². The van der Waals surface area contributed by atoms with Crippen molar-refractivity contribution >= 4 is 0 Å². The van der Waals surface area contributed by atoms with E-state index >= 15 is 0 Å². The molecule has 1 saturated carbocycles. The van der Waals surface area contributed by atoms with Gasteiger partial charge in [-0.05, 0) is 37.4 Å². The average Bonchev–Trinajstić information content (AvgIpc) is 2.12. The Bertz CT molecular complexity index is 257. The quantitative estimate of drug-likeness (QED) is 0.756. The second-order valence-corrected chi connectivity index (χ2v) is 3.50. The molecule has 3 heteroatoms. The second kappa shape index (κ2) is 3.75. The van der Waals surface area contributed by atoms with E-state index in [1.807, 2.05) is 12.1 Å². The Morgan fingerprint density at radius 2 is 2.08 bits per heavy atom. The van der Waals surface area contributed by atoms with Crippen molar-refractivity contribution in [2.45, 2.75) is 18.9 Å². The van der Waals surface area contributed by atoms with Crippen LogP contribution in [0.5, 0.6) is 5.75 Å². The van der Waals surface area contributed by atoms with Crippen LogP contribution in [-0.2, 0) is 0 Å². The van der Waals surface area contributed by atoms with E-state index < -0.39 is 0 Å². The molecule has 70 valence electrons. The van der Waals surface area contributed by atoms with Crippen LogP contribution in [0.2, 0.25) is 0 Å². The molecule has 3 nitrogen and oxygen atoms in total. The Hall–Kier alpha value is -1.09. The first-order chi connectivity index (χ1) is 6.38. The van der Waals surface area contributed by atoms with Gasteiger partial charge in [0, 0.05) is 12.4 Å². The van der Waals surface area contributed by atoms with Crippen molar-refractivity contribution in [1.82, 2.24) is 4.98 Å². The lowest BCUT2D eigenvalue weighted by molar-refractivity contribution is 0.0690. The van der Waals surface area contributed by atoms with E-state index in [4.69, 9.17) is 10.5 Å². The SMILES string of the molecule is NCC1CC(Oc2ccncc2)C1.